The van der Waals surface area contributed by atoms with Crippen molar-refractivity contribution < 1.29 is 9.53 Å². The number of nitrogens with zero attached hydrogens (tertiary/aromatic N) is 2. The van der Waals surface area contributed by atoms with Gasteiger partial charge in [-0.3, -0.25) is 0 Å². The third kappa shape index (κ3) is 7.95. The summed E-state index contributed by atoms with van der Waals surface area (Å²) in [4.78, 5) is 19.0. The molecule has 0 N–H and O–H groups in total. The molecule has 1 aliphatic heterocycles. The summed E-state index contributed by atoms with van der Waals surface area (Å²) in [5.41, 5.74) is 10.4. The maximum atomic E-state index is 14.3. The Kier molecular flexibility index (Phi) is 12.8. The lowest BCUT2D eigenvalue weighted by atomic mass is 9.83. The van der Waals surface area contributed by atoms with Gasteiger partial charge in [0.05, 0.1) is 5.56 Å². The normalized spacial score (nSPS) is 15.6. The van der Waals surface area contributed by atoms with Crippen molar-refractivity contribution in [3.63, 3.8) is 0 Å². The SMILES string of the molecule is CCN(CC)c1ccc(/C(=C/C2(/C=C(\c3ccc(C)cc3)c3ccc(N(CC)CC)cc3)OC(=O)c3c(Br)c(Br)c(Br)c(Br)c32)c2ccc(C)cc2)cc1. The Morgan fingerprint density at radius 2 is 0.870 bits per heavy atom. The van der Waals surface area contributed by atoms with Gasteiger partial charge in [-0.15, -0.1) is 0 Å². The van der Waals surface area contributed by atoms with Crippen molar-refractivity contribution in [2.45, 2.75) is 47.1 Å². The van der Waals surface area contributed by atoms with Crippen LogP contribution in [0, 0.1) is 13.8 Å². The predicted octanol–water partition coefficient (Wildman–Crippen LogP) is 13.7. The number of aryl methyl sites for hydroxylation is 2. The minimum absolute atomic E-state index is 0.418. The second-order valence-electron chi connectivity index (χ2n) is 13.5. The van der Waals surface area contributed by atoms with Gasteiger partial charge in [-0.25, -0.2) is 4.79 Å². The molecule has 0 aromatic heterocycles. The number of esters is 1. The van der Waals surface area contributed by atoms with Crippen LogP contribution >= 0.6 is 63.7 Å². The van der Waals surface area contributed by atoms with Gasteiger partial charge in [-0.2, -0.15) is 0 Å². The lowest BCUT2D eigenvalue weighted by Gasteiger charge is -2.28. The molecule has 0 atom stereocenters. The van der Waals surface area contributed by atoms with Gasteiger partial charge in [0.15, 0.2) is 5.60 Å². The Bertz CT molecular complexity index is 2090. The van der Waals surface area contributed by atoms with E-state index in [9.17, 15) is 4.79 Å². The van der Waals surface area contributed by atoms with Crippen molar-refractivity contribution in [2.24, 2.45) is 0 Å². The van der Waals surface area contributed by atoms with E-state index in [4.69, 9.17) is 4.74 Å². The smallest absolute Gasteiger partial charge is 0.341 e. The number of benzene rings is 5. The Labute approximate surface area is 353 Å². The zero-order valence-corrected chi connectivity index (χ0v) is 37.8. The van der Waals surface area contributed by atoms with Gasteiger partial charge < -0.3 is 14.5 Å². The standard InChI is InChI=1S/C46H44Br4N2O2/c1-7-51(8-2)35-23-19-33(20-24-35)37(31-15-11-29(5)12-16-31)27-46(40-39(45(53)54-46)41(47)43(49)44(50)42(40)48)28-38(32-17-13-30(6)14-18-32)34-21-25-36(26-22-34)52(9-3)10-4/h11-28H,7-10H2,1-6H3/b37-27+,38-28+. The van der Waals surface area contributed by atoms with Crippen LogP contribution in [-0.2, 0) is 10.3 Å². The van der Waals surface area contributed by atoms with Crippen LogP contribution in [0.5, 0.6) is 0 Å². The van der Waals surface area contributed by atoms with Crippen molar-refractivity contribution in [1.29, 1.82) is 0 Å². The largest absolute Gasteiger partial charge is 0.442 e. The van der Waals surface area contributed by atoms with Gasteiger partial charge in [-0.05, 0) is 175 Å². The zero-order chi connectivity index (χ0) is 38.7. The maximum absolute atomic E-state index is 14.3. The first-order chi connectivity index (χ1) is 25.9. The monoisotopic (exact) mass is 972 g/mol. The van der Waals surface area contributed by atoms with Crippen molar-refractivity contribution in [3.8, 4) is 0 Å². The molecule has 0 amide bonds. The number of carbonyl (C=O) groups excluding carboxylic acids is 1. The van der Waals surface area contributed by atoms with E-state index >= 15 is 0 Å². The van der Waals surface area contributed by atoms with Gasteiger partial charge in [0.25, 0.3) is 0 Å². The summed E-state index contributed by atoms with van der Waals surface area (Å²) in [7, 11) is 0. The average molecular weight is 976 g/mol. The highest BCUT2D eigenvalue weighted by atomic mass is 79.9. The quantitative estimate of drug-likeness (QED) is 0.0708. The van der Waals surface area contributed by atoms with Gasteiger partial charge in [-0.1, -0.05) is 83.9 Å². The van der Waals surface area contributed by atoms with Crippen molar-refractivity contribution in [1.82, 2.24) is 0 Å². The Balaban J connectivity index is 1.71. The van der Waals surface area contributed by atoms with Crippen LogP contribution in [-0.4, -0.2) is 32.1 Å². The molecule has 0 saturated carbocycles. The van der Waals surface area contributed by atoms with E-state index < -0.39 is 11.6 Å². The second-order valence-corrected chi connectivity index (χ2v) is 16.6. The van der Waals surface area contributed by atoms with E-state index in [0.29, 0.717) is 15.6 Å². The zero-order valence-electron chi connectivity index (χ0n) is 31.4. The van der Waals surface area contributed by atoms with Crippen LogP contribution in [0.1, 0.15) is 77.0 Å². The summed E-state index contributed by atoms with van der Waals surface area (Å²) < 4.78 is 9.63. The molecule has 0 unspecified atom stereocenters. The molecule has 54 heavy (non-hydrogen) atoms. The average Bonchev–Trinajstić information content (AvgIpc) is 3.48. The van der Waals surface area contributed by atoms with E-state index in [2.05, 4.69) is 224 Å². The molecule has 1 aliphatic rings. The lowest BCUT2D eigenvalue weighted by Crippen LogP contribution is -2.23. The van der Waals surface area contributed by atoms with Gasteiger partial charge in [0.1, 0.15) is 0 Å². The fourth-order valence-corrected chi connectivity index (χ4v) is 9.72. The predicted molar refractivity (Wildman–Crippen MR) is 241 cm³/mol. The highest BCUT2D eigenvalue weighted by molar-refractivity contribution is 9.15. The number of carbonyl (C=O) groups is 1. The Morgan fingerprint density at radius 1 is 0.537 bits per heavy atom. The molecule has 0 fully saturated rings. The molecule has 4 nitrogen and oxygen atoms in total. The van der Waals surface area contributed by atoms with Crippen LogP contribution in [0.25, 0.3) is 11.1 Å². The number of cyclic esters (lactones) is 1. The highest BCUT2D eigenvalue weighted by Gasteiger charge is 2.48. The van der Waals surface area contributed by atoms with E-state index in [1.165, 1.54) is 0 Å². The molecule has 0 saturated heterocycles. The molecule has 0 radical (unpaired) electrons. The summed E-state index contributed by atoms with van der Waals surface area (Å²) in [6.45, 7) is 16.6. The number of fused-ring (bicyclic) bond motifs is 1. The fraction of sp³-hybridized carbons (Fsp3) is 0.239. The molecule has 1 heterocycles. The van der Waals surface area contributed by atoms with E-state index in [-0.39, 0.29) is 0 Å². The van der Waals surface area contributed by atoms with Crippen LogP contribution in [0.2, 0.25) is 0 Å². The molecule has 8 heteroatoms. The minimum atomic E-state index is -1.34. The minimum Gasteiger partial charge on any atom is -0.442 e. The summed E-state index contributed by atoms with van der Waals surface area (Å²) in [5, 5.41) is 0. The summed E-state index contributed by atoms with van der Waals surface area (Å²) >= 11 is 15.2. The van der Waals surface area contributed by atoms with Gasteiger partial charge in [0.2, 0.25) is 0 Å². The Hall–Kier alpha value is -3.43. The molecule has 5 aromatic rings. The number of rotatable bonds is 12. The summed E-state index contributed by atoms with van der Waals surface area (Å²) in [6, 6.07) is 34.5. The molecule has 6 rings (SSSR count). The molecule has 278 valence electrons. The first-order valence-electron chi connectivity index (χ1n) is 18.3. The summed E-state index contributed by atoms with van der Waals surface area (Å²) in [6.07, 6.45) is 4.26. The second kappa shape index (κ2) is 17.2. The number of hydrogen-bond donors (Lipinski definition) is 0. The molecular formula is C46H44Br4N2O2. The van der Waals surface area contributed by atoms with Crippen LogP contribution in [0.4, 0.5) is 11.4 Å². The van der Waals surface area contributed by atoms with Crippen LogP contribution in [0.15, 0.2) is 127 Å². The van der Waals surface area contributed by atoms with E-state index in [1.54, 1.807) is 0 Å². The highest BCUT2D eigenvalue weighted by Crippen LogP contribution is 2.53. The number of anilines is 2. The lowest BCUT2D eigenvalue weighted by molar-refractivity contribution is 0.0298. The molecule has 0 aliphatic carbocycles. The van der Waals surface area contributed by atoms with Crippen molar-refractivity contribution in [3.05, 3.63) is 172 Å². The van der Waals surface area contributed by atoms with Crippen molar-refractivity contribution in [2.75, 3.05) is 36.0 Å². The van der Waals surface area contributed by atoms with Gasteiger partial charge >= 0.3 is 5.97 Å². The van der Waals surface area contributed by atoms with E-state index in [1.807, 2.05) is 0 Å². The van der Waals surface area contributed by atoms with E-state index in [0.717, 1.165) is 95.5 Å². The third-order valence-corrected chi connectivity index (χ3v) is 14.9. The maximum Gasteiger partial charge on any atom is 0.341 e. The first kappa shape index (κ1) is 40.2. The molecule has 0 bridgehead atoms. The van der Waals surface area contributed by atoms with Gasteiger partial charge in [0, 0.05) is 61.0 Å². The van der Waals surface area contributed by atoms with Crippen LogP contribution < -0.4 is 9.80 Å². The number of ether oxygens (including phenoxy) is 1. The fourth-order valence-electron chi connectivity index (χ4n) is 7.13. The number of hydrogen-bond acceptors (Lipinski definition) is 4. The third-order valence-electron chi connectivity index (χ3n) is 10.2. The topological polar surface area (TPSA) is 32.8 Å². The molecule has 0 spiro atoms. The number of halogens is 4. The first-order valence-corrected chi connectivity index (χ1v) is 21.5. The van der Waals surface area contributed by atoms with Crippen LogP contribution in [0.3, 0.4) is 0 Å². The molecule has 5 aromatic carbocycles. The molecular weight excluding hydrogens is 932 g/mol. The Morgan fingerprint density at radius 3 is 1.22 bits per heavy atom. The summed E-state index contributed by atoms with van der Waals surface area (Å²) in [5.74, 6) is -0.418. The van der Waals surface area contributed by atoms with Crippen molar-refractivity contribution >= 4 is 92.2 Å².